The van der Waals surface area contributed by atoms with Crippen LogP contribution in [0.3, 0.4) is 0 Å². The molecule has 33 heavy (non-hydrogen) atoms. The van der Waals surface area contributed by atoms with Gasteiger partial charge in [0.1, 0.15) is 0 Å². The van der Waals surface area contributed by atoms with Crippen molar-refractivity contribution < 1.29 is 13.2 Å². The molecule has 0 saturated carbocycles. The van der Waals surface area contributed by atoms with Crippen molar-refractivity contribution in [3.8, 4) is 11.3 Å². The molecular formula is C24H27N3O3S3. The molecule has 0 bridgehead atoms. The van der Waals surface area contributed by atoms with Gasteiger partial charge in [0.2, 0.25) is 15.9 Å². The molecule has 6 nitrogen and oxygen atoms in total. The normalized spacial score (nSPS) is 15.5. The summed E-state index contributed by atoms with van der Waals surface area (Å²) in [7, 11) is -3.58. The largest absolute Gasteiger partial charge is 0.302 e. The molecule has 174 valence electrons. The Hall–Kier alpha value is -2.20. The van der Waals surface area contributed by atoms with Crippen LogP contribution in [0.1, 0.15) is 24.0 Å². The summed E-state index contributed by atoms with van der Waals surface area (Å²) in [5, 5.41) is 5.45. The number of thiazole rings is 1. The van der Waals surface area contributed by atoms with Gasteiger partial charge in [-0.15, -0.1) is 23.1 Å². The van der Waals surface area contributed by atoms with E-state index >= 15 is 0 Å². The number of hydrogen-bond donors (Lipinski definition) is 1. The Balaban J connectivity index is 1.39. The lowest BCUT2D eigenvalue weighted by Gasteiger charge is -2.30. The van der Waals surface area contributed by atoms with Gasteiger partial charge in [0.15, 0.2) is 5.13 Å². The molecule has 4 rings (SSSR count). The predicted molar refractivity (Wildman–Crippen MR) is 135 cm³/mol. The van der Waals surface area contributed by atoms with Crippen molar-refractivity contribution in [3.63, 3.8) is 0 Å². The van der Waals surface area contributed by atoms with Crippen LogP contribution in [0.25, 0.3) is 11.3 Å². The van der Waals surface area contributed by atoms with Gasteiger partial charge < -0.3 is 5.32 Å². The van der Waals surface area contributed by atoms with Crippen LogP contribution in [0.2, 0.25) is 0 Å². The Labute approximate surface area is 203 Å². The van der Waals surface area contributed by atoms with Crippen molar-refractivity contribution in [3.05, 3.63) is 59.0 Å². The second kappa shape index (κ2) is 9.97. The van der Waals surface area contributed by atoms with Gasteiger partial charge in [-0.1, -0.05) is 35.9 Å². The van der Waals surface area contributed by atoms with Gasteiger partial charge in [0, 0.05) is 34.8 Å². The van der Waals surface area contributed by atoms with Crippen LogP contribution in [-0.2, 0) is 14.8 Å². The summed E-state index contributed by atoms with van der Waals surface area (Å²) < 4.78 is 27.7. The second-order valence-electron chi connectivity index (χ2n) is 8.17. The molecule has 1 N–H and O–H groups in total. The molecule has 1 aliphatic heterocycles. The van der Waals surface area contributed by atoms with Crippen LogP contribution >= 0.6 is 23.1 Å². The summed E-state index contributed by atoms with van der Waals surface area (Å²) >= 11 is 2.82. The number of nitrogens with zero attached hydrogens (tertiary/aromatic N) is 2. The first-order valence-electron chi connectivity index (χ1n) is 10.8. The smallest absolute Gasteiger partial charge is 0.244 e. The van der Waals surface area contributed by atoms with E-state index in [0.717, 1.165) is 21.7 Å². The fraction of sp³-hybridized carbons (Fsp3) is 0.333. The number of hydrogen-bond acceptors (Lipinski definition) is 6. The van der Waals surface area contributed by atoms with Crippen LogP contribution in [0.4, 0.5) is 5.13 Å². The van der Waals surface area contributed by atoms with Crippen LogP contribution < -0.4 is 5.32 Å². The maximum Gasteiger partial charge on any atom is 0.244 e. The molecule has 1 aliphatic rings. The fourth-order valence-electron chi connectivity index (χ4n) is 4.09. The first-order chi connectivity index (χ1) is 15.8. The average molecular weight is 502 g/mol. The van der Waals surface area contributed by atoms with E-state index in [1.54, 1.807) is 12.1 Å². The molecule has 0 aliphatic carbocycles. The van der Waals surface area contributed by atoms with E-state index in [-0.39, 0.29) is 11.8 Å². The minimum Gasteiger partial charge on any atom is -0.302 e. The Morgan fingerprint density at radius 2 is 1.88 bits per heavy atom. The van der Waals surface area contributed by atoms with Crippen molar-refractivity contribution in [2.75, 3.05) is 24.7 Å². The number of carbonyl (C=O) groups is 1. The summed E-state index contributed by atoms with van der Waals surface area (Å²) in [6.07, 6.45) is 2.85. The minimum atomic E-state index is -3.58. The first-order valence-corrected chi connectivity index (χ1v) is 14.3. The summed E-state index contributed by atoms with van der Waals surface area (Å²) in [5.41, 5.74) is 4.25. The number of benzene rings is 2. The van der Waals surface area contributed by atoms with Crippen LogP contribution in [-0.4, -0.2) is 43.0 Å². The molecule has 0 spiro atoms. The standard InChI is InChI=1S/C24H27N3O3S3/c1-16-8-9-19(17(2)14-16)20-15-32-24(25-20)26-23(28)18-10-12-27(13-11-18)33(29,30)22-7-5-4-6-21(22)31-3/h4-9,14-15,18H,10-13H2,1-3H3,(H,25,26,28). The van der Waals surface area contributed by atoms with Crippen LogP contribution in [0.15, 0.2) is 57.6 Å². The Morgan fingerprint density at radius 3 is 2.58 bits per heavy atom. The van der Waals surface area contributed by atoms with E-state index in [9.17, 15) is 13.2 Å². The van der Waals surface area contributed by atoms with Crippen LogP contribution in [0.5, 0.6) is 0 Å². The molecule has 0 atom stereocenters. The number of piperidine rings is 1. The fourth-order valence-corrected chi connectivity index (χ4v) is 7.40. The second-order valence-corrected chi connectivity index (χ2v) is 11.8. The number of carbonyl (C=O) groups excluding carboxylic acids is 1. The van der Waals surface area contributed by atoms with Crippen molar-refractivity contribution in [1.82, 2.24) is 9.29 Å². The molecule has 3 aromatic rings. The zero-order valence-electron chi connectivity index (χ0n) is 18.9. The summed E-state index contributed by atoms with van der Waals surface area (Å²) in [4.78, 5) is 18.5. The molecule has 2 aromatic carbocycles. The Morgan fingerprint density at radius 1 is 1.15 bits per heavy atom. The summed E-state index contributed by atoms with van der Waals surface area (Å²) in [6, 6.07) is 13.3. The third kappa shape index (κ3) is 5.16. The van der Waals surface area contributed by atoms with Crippen molar-refractivity contribution in [2.45, 2.75) is 36.5 Å². The lowest BCUT2D eigenvalue weighted by Crippen LogP contribution is -2.41. The molecule has 2 heterocycles. The van der Waals surface area contributed by atoms with Crippen molar-refractivity contribution in [1.29, 1.82) is 0 Å². The van der Waals surface area contributed by atoms with Crippen molar-refractivity contribution >= 4 is 44.2 Å². The highest BCUT2D eigenvalue weighted by molar-refractivity contribution is 7.99. The maximum atomic E-state index is 13.1. The number of rotatable bonds is 6. The molecule has 1 fully saturated rings. The SMILES string of the molecule is CSc1ccccc1S(=O)(=O)N1CCC(C(=O)Nc2nc(-c3ccc(C)cc3C)cs2)CC1. The number of sulfonamides is 1. The molecule has 1 amide bonds. The van der Waals surface area contributed by atoms with Gasteiger partial charge >= 0.3 is 0 Å². The maximum absolute atomic E-state index is 13.1. The van der Waals surface area contributed by atoms with Crippen molar-refractivity contribution in [2.24, 2.45) is 5.92 Å². The van der Waals surface area contributed by atoms with E-state index in [2.05, 4.69) is 42.3 Å². The molecule has 1 saturated heterocycles. The number of thioether (sulfide) groups is 1. The van der Waals surface area contributed by atoms with E-state index in [1.807, 2.05) is 23.8 Å². The number of anilines is 1. The Bertz CT molecular complexity index is 1260. The average Bonchev–Trinajstić information content (AvgIpc) is 3.27. The van der Waals surface area contributed by atoms with E-state index < -0.39 is 10.0 Å². The first kappa shape index (κ1) is 23.9. The van der Waals surface area contributed by atoms with Gasteiger partial charge in [-0.25, -0.2) is 13.4 Å². The molecular weight excluding hydrogens is 474 g/mol. The molecule has 1 aromatic heterocycles. The highest BCUT2D eigenvalue weighted by Gasteiger charge is 2.33. The zero-order chi connectivity index (χ0) is 23.6. The van der Waals surface area contributed by atoms with Crippen LogP contribution in [0, 0.1) is 19.8 Å². The third-order valence-electron chi connectivity index (χ3n) is 5.90. The minimum absolute atomic E-state index is 0.0990. The van der Waals surface area contributed by atoms with E-state index in [1.165, 1.54) is 33.0 Å². The number of aryl methyl sites for hydroxylation is 2. The van der Waals surface area contributed by atoms with E-state index in [0.29, 0.717) is 36.0 Å². The van der Waals surface area contributed by atoms with Gasteiger partial charge in [0.25, 0.3) is 0 Å². The highest BCUT2D eigenvalue weighted by atomic mass is 32.2. The van der Waals surface area contributed by atoms with E-state index in [4.69, 9.17) is 0 Å². The molecule has 0 unspecified atom stereocenters. The summed E-state index contributed by atoms with van der Waals surface area (Å²) in [5.74, 6) is -0.334. The predicted octanol–water partition coefficient (Wildman–Crippen LogP) is 5.19. The number of amides is 1. The topological polar surface area (TPSA) is 79.4 Å². The van der Waals surface area contributed by atoms with Gasteiger partial charge in [0.05, 0.1) is 10.6 Å². The van der Waals surface area contributed by atoms with Gasteiger partial charge in [-0.2, -0.15) is 4.31 Å². The zero-order valence-corrected chi connectivity index (χ0v) is 21.3. The number of aromatic nitrogens is 1. The quantitative estimate of drug-likeness (QED) is 0.470. The van der Waals surface area contributed by atoms with Gasteiger partial charge in [-0.3, -0.25) is 4.79 Å². The lowest BCUT2D eigenvalue weighted by atomic mass is 9.97. The summed E-state index contributed by atoms with van der Waals surface area (Å²) in [6.45, 7) is 4.77. The highest BCUT2D eigenvalue weighted by Crippen LogP contribution is 2.31. The van der Waals surface area contributed by atoms with Gasteiger partial charge in [-0.05, 0) is 50.6 Å². The molecule has 9 heteroatoms. The Kier molecular flexibility index (Phi) is 7.23. The molecule has 0 radical (unpaired) electrons. The number of nitrogens with one attached hydrogen (secondary N) is 1. The third-order valence-corrected chi connectivity index (χ3v) is 9.54. The monoisotopic (exact) mass is 501 g/mol. The lowest BCUT2D eigenvalue weighted by molar-refractivity contribution is -0.120.